The average molecular weight is 259 g/mol. The molecule has 0 saturated carbocycles. The Morgan fingerprint density at radius 1 is 0.944 bits per heavy atom. The number of halogens is 3. The molecule has 0 unspecified atom stereocenters. The fraction of sp³-hybridized carbons (Fsp3) is 0.538. The zero-order valence-electron chi connectivity index (χ0n) is 11.6. The minimum atomic E-state index is -4.21. The molecule has 0 aliphatic rings. The third-order valence-electron chi connectivity index (χ3n) is 2.05. The molecular weight excluding hydrogens is 238 g/mol. The Labute approximate surface area is 108 Å². The summed E-state index contributed by atoms with van der Waals surface area (Å²) in [6, 6.07) is 6.30. The minimum Gasteiger partial charge on any atom is -0.312 e. The van der Waals surface area contributed by atoms with Crippen LogP contribution in [0, 0.1) is 0 Å². The van der Waals surface area contributed by atoms with E-state index < -0.39 is 11.7 Å². The molecule has 1 nitrogen and oxygen atoms in total. The molecule has 0 radical (unpaired) electrons. The fourth-order valence-corrected chi connectivity index (χ4v) is 1.41. The van der Waals surface area contributed by atoms with Gasteiger partial charge in [0.25, 0.3) is 0 Å². The predicted molar refractivity (Wildman–Crippen MR) is 73.0 cm³/mol. The second kappa shape index (κ2) is 7.47. The first-order chi connectivity index (χ1) is 8.12. The van der Waals surface area contributed by atoms with Crippen molar-refractivity contribution in [3.8, 4) is 0 Å². The molecule has 5 heteroatoms. The second-order valence-electron chi connectivity index (χ2n) is 4.84. The molecule has 1 rings (SSSR count). The topological polar surface area (TPSA) is 12.0 Å². The summed E-state index contributed by atoms with van der Waals surface area (Å²) < 4.78 is 35.8. The maximum absolute atomic E-state index is 11.9. The summed E-state index contributed by atoms with van der Waals surface area (Å²) in [5.41, 5.74) is 0.237. The number of hydrogen-bond donors (Lipinski definition) is 1. The second-order valence-corrected chi connectivity index (χ2v) is 4.84. The van der Waals surface area contributed by atoms with Gasteiger partial charge in [0.05, 0.1) is 5.56 Å². The smallest absolute Gasteiger partial charge is 0.312 e. The Kier molecular flexibility index (Phi) is 7.07. The van der Waals surface area contributed by atoms with Crippen LogP contribution in [0.2, 0.25) is 0 Å². The van der Waals surface area contributed by atoms with E-state index in [1.165, 1.54) is 12.1 Å². The SMILES string of the molecule is Bc1ccc(C(F)(F)F)cc1.CC(C)NC(C)C. The molecule has 0 aliphatic heterocycles. The van der Waals surface area contributed by atoms with Crippen molar-refractivity contribution in [2.75, 3.05) is 0 Å². The van der Waals surface area contributed by atoms with E-state index in [-0.39, 0.29) is 0 Å². The van der Waals surface area contributed by atoms with E-state index in [1.807, 2.05) is 0 Å². The van der Waals surface area contributed by atoms with E-state index in [0.29, 0.717) is 12.1 Å². The van der Waals surface area contributed by atoms with E-state index in [4.69, 9.17) is 0 Å². The molecule has 0 heterocycles. The summed E-state index contributed by atoms with van der Waals surface area (Å²) in [6.07, 6.45) is -4.21. The third kappa shape index (κ3) is 8.17. The van der Waals surface area contributed by atoms with Gasteiger partial charge in [0.1, 0.15) is 7.85 Å². The Bertz CT molecular complexity index is 325. The van der Waals surface area contributed by atoms with Gasteiger partial charge in [-0.2, -0.15) is 13.2 Å². The quantitative estimate of drug-likeness (QED) is 0.804. The van der Waals surface area contributed by atoms with E-state index in [1.54, 1.807) is 7.85 Å². The lowest BCUT2D eigenvalue weighted by molar-refractivity contribution is -0.137. The fourth-order valence-electron chi connectivity index (χ4n) is 1.41. The summed E-state index contributed by atoms with van der Waals surface area (Å²) in [5, 5.41) is 3.31. The molecule has 0 aromatic heterocycles. The van der Waals surface area contributed by atoms with Crippen LogP contribution in [0.25, 0.3) is 0 Å². The molecule has 0 amide bonds. The van der Waals surface area contributed by atoms with Crippen molar-refractivity contribution in [3.63, 3.8) is 0 Å². The average Bonchev–Trinajstić information content (AvgIpc) is 2.15. The molecular formula is C13H21BF3N. The zero-order chi connectivity index (χ0) is 14.3. The highest BCUT2D eigenvalue weighted by molar-refractivity contribution is 6.32. The summed E-state index contributed by atoms with van der Waals surface area (Å²) >= 11 is 0. The van der Waals surface area contributed by atoms with E-state index in [0.717, 1.165) is 17.6 Å². The summed E-state index contributed by atoms with van der Waals surface area (Å²) in [4.78, 5) is 0. The Morgan fingerprint density at radius 2 is 1.33 bits per heavy atom. The molecule has 0 saturated heterocycles. The molecule has 0 bridgehead atoms. The van der Waals surface area contributed by atoms with Crippen LogP contribution in [0.4, 0.5) is 13.2 Å². The van der Waals surface area contributed by atoms with Gasteiger partial charge in [0.2, 0.25) is 0 Å². The van der Waals surface area contributed by atoms with Gasteiger partial charge in [-0.3, -0.25) is 0 Å². The van der Waals surface area contributed by atoms with Gasteiger partial charge in [-0.05, 0) is 0 Å². The van der Waals surface area contributed by atoms with Gasteiger partial charge >= 0.3 is 6.18 Å². The van der Waals surface area contributed by atoms with Gasteiger partial charge < -0.3 is 5.32 Å². The van der Waals surface area contributed by atoms with Crippen molar-refractivity contribution in [2.24, 2.45) is 0 Å². The molecule has 0 fully saturated rings. The number of benzene rings is 1. The summed E-state index contributed by atoms with van der Waals surface area (Å²) in [7, 11) is 1.75. The maximum Gasteiger partial charge on any atom is 0.416 e. The van der Waals surface area contributed by atoms with Crippen molar-refractivity contribution in [2.45, 2.75) is 46.0 Å². The largest absolute Gasteiger partial charge is 0.416 e. The zero-order valence-corrected chi connectivity index (χ0v) is 11.6. The summed E-state index contributed by atoms with van der Waals surface area (Å²) in [5.74, 6) is 0. The molecule has 1 aromatic carbocycles. The molecule has 1 N–H and O–H groups in total. The highest BCUT2D eigenvalue weighted by Gasteiger charge is 2.29. The van der Waals surface area contributed by atoms with Crippen molar-refractivity contribution < 1.29 is 13.2 Å². The lowest BCUT2D eigenvalue weighted by atomic mass is 9.95. The Morgan fingerprint density at radius 3 is 1.56 bits per heavy atom. The van der Waals surface area contributed by atoms with Crippen LogP contribution in [0.5, 0.6) is 0 Å². The van der Waals surface area contributed by atoms with Crippen LogP contribution in [-0.4, -0.2) is 19.9 Å². The van der Waals surface area contributed by atoms with Crippen molar-refractivity contribution in [1.29, 1.82) is 0 Å². The standard InChI is InChI=1S/C7H6BF3.C6H15N/c8-6-3-1-5(2-4-6)7(9,10)11;1-5(2)7-6(3)4/h1-4H,8H2;5-7H,1-4H3. The highest BCUT2D eigenvalue weighted by atomic mass is 19.4. The van der Waals surface area contributed by atoms with Crippen LogP contribution in [-0.2, 0) is 6.18 Å². The number of nitrogens with one attached hydrogen (secondary N) is 1. The summed E-state index contributed by atoms with van der Waals surface area (Å²) in [6.45, 7) is 8.61. The lowest BCUT2D eigenvalue weighted by Crippen LogP contribution is -2.29. The van der Waals surface area contributed by atoms with Crippen molar-refractivity contribution in [1.82, 2.24) is 5.32 Å². The minimum absolute atomic E-state index is 0.594. The van der Waals surface area contributed by atoms with Gasteiger partial charge in [-0.1, -0.05) is 57.4 Å². The number of alkyl halides is 3. The molecule has 0 aliphatic carbocycles. The molecule has 0 spiro atoms. The van der Waals surface area contributed by atoms with Gasteiger partial charge in [0, 0.05) is 12.1 Å². The molecule has 1 aromatic rings. The molecule has 18 heavy (non-hydrogen) atoms. The van der Waals surface area contributed by atoms with Gasteiger partial charge in [-0.15, -0.1) is 0 Å². The monoisotopic (exact) mass is 259 g/mol. The molecule has 0 atom stereocenters. The first kappa shape index (κ1) is 17.0. The highest BCUT2D eigenvalue weighted by Crippen LogP contribution is 2.27. The Hall–Kier alpha value is -0.965. The number of hydrogen-bond acceptors (Lipinski definition) is 1. The third-order valence-corrected chi connectivity index (χ3v) is 2.05. The first-order valence-corrected chi connectivity index (χ1v) is 6.03. The van der Waals surface area contributed by atoms with Crippen LogP contribution in [0.3, 0.4) is 0 Å². The van der Waals surface area contributed by atoms with E-state index >= 15 is 0 Å². The van der Waals surface area contributed by atoms with Gasteiger partial charge in [0.15, 0.2) is 0 Å². The van der Waals surface area contributed by atoms with E-state index in [9.17, 15) is 13.2 Å². The Balaban J connectivity index is 0.000000360. The maximum atomic E-state index is 11.9. The van der Waals surface area contributed by atoms with Crippen LogP contribution in [0.1, 0.15) is 33.3 Å². The lowest BCUT2D eigenvalue weighted by Gasteiger charge is -2.10. The van der Waals surface area contributed by atoms with Crippen molar-refractivity contribution >= 4 is 13.3 Å². The van der Waals surface area contributed by atoms with Gasteiger partial charge in [-0.25, -0.2) is 0 Å². The number of rotatable bonds is 2. The van der Waals surface area contributed by atoms with Crippen molar-refractivity contribution in [3.05, 3.63) is 29.8 Å². The van der Waals surface area contributed by atoms with Crippen LogP contribution < -0.4 is 10.8 Å². The first-order valence-electron chi connectivity index (χ1n) is 6.03. The van der Waals surface area contributed by atoms with Crippen LogP contribution in [0.15, 0.2) is 24.3 Å². The van der Waals surface area contributed by atoms with E-state index in [2.05, 4.69) is 33.0 Å². The van der Waals surface area contributed by atoms with Crippen LogP contribution >= 0.6 is 0 Å². The normalized spacial score (nSPS) is 11.4. The predicted octanol–water partition coefficient (Wildman–Crippen LogP) is 2.36. The molecule has 102 valence electrons.